The third-order valence-corrected chi connectivity index (χ3v) is 6.08. The summed E-state index contributed by atoms with van der Waals surface area (Å²) in [6.07, 6.45) is 3.70. The van der Waals surface area contributed by atoms with Crippen molar-refractivity contribution >= 4 is 27.5 Å². The van der Waals surface area contributed by atoms with E-state index < -0.39 is 12.6 Å². The number of benzene rings is 4. The van der Waals surface area contributed by atoms with Crippen LogP contribution in [0.3, 0.4) is 0 Å². The maximum atomic E-state index is 11.2. The molecule has 4 aromatic carbocycles. The molecule has 0 amide bonds. The van der Waals surface area contributed by atoms with Gasteiger partial charge in [0, 0.05) is 11.1 Å². The highest BCUT2D eigenvalue weighted by atomic mass is 16.5. The molecule has 0 atom stereocenters. The Bertz CT molecular complexity index is 1260. The second-order valence-corrected chi connectivity index (χ2v) is 8.11. The summed E-state index contributed by atoms with van der Waals surface area (Å²) in [6.45, 7) is 0.301. The van der Waals surface area contributed by atoms with Crippen LogP contribution < -0.4 is 9.47 Å². The average molecular weight is 412 g/mol. The molecule has 0 radical (unpaired) electrons. The quantitative estimate of drug-likeness (QED) is 0.387. The van der Waals surface area contributed by atoms with Gasteiger partial charge in [-0.1, -0.05) is 67.1 Å². The van der Waals surface area contributed by atoms with E-state index in [4.69, 9.17) is 9.47 Å². The van der Waals surface area contributed by atoms with Gasteiger partial charge in [0.25, 0.3) is 0 Å². The number of fused-ring (bicyclic) bond motifs is 2. The van der Waals surface area contributed by atoms with Crippen molar-refractivity contribution in [1.82, 2.24) is 0 Å². The molecule has 0 unspecified atom stereocenters. The van der Waals surface area contributed by atoms with E-state index in [9.17, 15) is 9.90 Å². The van der Waals surface area contributed by atoms with Crippen molar-refractivity contribution in [3.8, 4) is 22.6 Å². The highest BCUT2D eigenvalue weighted by Crippen LogP contribution is 2.45. The largest absolute Gasteiger partial charge is 0.493 e. The van der Waals surface area contributed by atoms with Gasteiger partial charge in [0.15, 0.2) is 6.61 Å². The second kappa shape index (κ2) is 8.31. The number of carboxylic acids is 1. The smallest absolute Gasteiger partial charge is 0.341 e. The molecule has 1 N–H and O–H groups in total. The minimum Gasteiger partial charge on any atom is -0.493 e. The molecule has 0 aliphatic heterocycles. The number of carbonyl (C=O) groups is 1. The molecule has 4 heteroatoms. The molecule has 1 aliphatic carbocycles. The lowest BCUT2D eigenvalue weighted by Gasteiger charge is -2.26. The van der Waals surface area contributed by atoms with Gasteiger partial charge in [-0.05, 0) is 52.4 Å². The lowest BCUT2D eigenvalue weighted by atomic mass is 9.86. The zero-order chi connectivity index (χ0) is 21.2. The van der Waals surface area contributed by atoms with E-state index in [1.165, 1.54) is 19.3 Å². The molecular weight excluding hydrogens is 388 g/mol. The number of hydrogen-bond donors (Lipinski definition) is 1. The Kier molecular flexibility index (Phi) is 5.21. The van der Waals surface area contributed by atoms with Crippen molar-refractivity contribution < 1.29 is 19.4 Å². The van der Waals surface area contributed by atoms with Crippen LogP contribution in [0.25, 0.3) is 32.7 Å². The lowest BCUT2D eigenvalue weighted by Crippen LogP contribution is -2.19. The van der Waals surface area contributed by atoms with E-state index in [1.54, 1.807) is 0 Å². The molecular formula is C27H24O4. The molecule has 0 spiro atoms. The molecule has 4 aromatic rings. The fourth-order valence-electron chi connectivity index (χ4n) is 4.27. The summed E-state index contributed by atoms with van der Waals surface area (Å²) in [4.78, 5) is 11.2. The Hall–Kier alpha value is -3.53. The summed E-state index contributed by atoms with van der Waals surface area (Å²) < 4.78 is 12.1. The van der Waals surface area contributed by atoms with Crippen LogP contribution >= 0.6 is 0 Å². The first kappa shape index (κ1) is 19.4. The maximum absolute atomic E-state index is 11.2. The van der Waals surface area contributed by atoms with Crippen molar-refractivity contribution in [2.24, 2.45) is 5.92 Å². The Balaban J connectivity index is 1.74. The highest BCUT2D eigenvalue weighted by molar-refractivity contribution is 6.09. The SMILES string of the molecule is O=C(O)COc1ccc2ccccc2c1-c1c(OCC2CCC2)ccc2ccccc12. The predicted octanol–water partition coefficient (Wildman–Crippen LogP) is 6.30. The van der Waals surface area contributed by atoms with Crippen LogP contribution in [0.1, 0.15) is 19.3 Å². The minimum absolute atomic E-state index is 0.394. The summed E-state index contributed by atoms with van der Waals surface area (Å²) in [5.74, 6) is 0.959. The van der Waals surface area contributed by atoms with Crippen molar-refractivity contribution in [3.63, 3.8) is 0 Å². The first-order valence-electron chi connectivity index (χ1n) is 10.7. The monoisotopic (exact) mass is 412 g/mol. The van der Waals surface area contributed by atoms with E-state index in [2.05, 4.69) is 30.3 Å². The van der Waals surface area contributed by atoms with Gasteiger partial charge in [-0.3, -0.25) is 0 Å². The first-order valence-corrected chi connectivity index (χ1v) is 10.7. The summed E-state index contributed by atoms with van der Waals surface area (Å²) in [6, 6.07) is 24.2. The molecule has 1 fully saturated rings. The standard InChI is InChI=1S/C27H24O4/c28-25(29)17-31-24-15-13-20-9-2-4-11-22(20)27(24)26-21-10-3-1-8-19(21)12-14-23(26)30-16-18-6-5-7-18/h1-4,8-15,18H,5-7,16-17H2,(H,28,29). The molecule has 0 aromatic heterocycles. The van der Waals surface area contributed by atoms with E-state index in [0.717, 1.165) is 38.4 Å². The van der Waals surface area contributed by atoms with Crippen LogP contribution in [0.2, 0.25) is 0 Å². The van der Waals surface area contributed by atoms with Gasteiger partial charge < -0.3 is 14.6 Å². The Morgan fingerprint density at radius 2 is 1.32 bits per heavy atom. The van der Waals surface area contributed by atoms with E-state index in [-0.39, 0.29) is 0 Å². The van der Waals surface area contributed by atoms with Gasteiger partial charge in [0.05, 0.1) is 6.61 Å². The van der Waals surface area contributed by atoms with Crippen LogP contribution in [0, 0.1) is 5.92 Å². The lowest BCUT2D eigenvalue weighted by molar-refractivity contribution is -0.139. The molecule has 0 bridgehead atoms. The molecule has 1 aliphatic rings. The molecule has 5 rings (SSSR count). The zero-order valence-corrected chi connectivity index (χ0v) is 17.2. The third kappa shape index (κ3) is 3.81. The third-order valence-electron chi connectivity index (χ3n) is 6.08. The molecule has 156 valence electrons. The van der Waals surface area contributed by atoms with E-state index >= 15 is 0 Å². The van der Waals surface area contributed by atoms with E-state index in [1.807, 2.05) is 42.5 Å². The van der Waals surface area contributed by atoms with Crippen LogP contribution in [0.4, 0.5) is 0 Å². The Morgan fingerprint density at radius 3 is 1.84 bits per heavy atom. The average Bonchev–Trinajstić information content (AvgIpc) is 2.76. The van der Waals surface area contributed by atoms with Gasteiger partial charge >= 0.3 is 5.97 Å². The van der Waals surface area contributed by atoms with Gasteiger partial charge in [0.2, 0.25) is 0 Å². The van der Waals surface area contributed by atoms with Crippen LogP contribution in [0.15, 0.2) is 72.8 Å². The summed E-state index contributed by atoms with van der Waals surface area (Å²) in [5.41, 5.74) is 1.83. The minimum atomic E-state index is -1.00. The van der Waals surface area contributed by atoms with Crippen molar-refractivity contribution in [2.45, 2.75) is 19.3 Å². The zero-order valence-electron chi connectivity index (χ0n) is 17.2. The normalized spacial score (nSPS) is 13.8. The van der Waals surface area contributed by atoms with Gasteiger partial charge in [-0.25, -0.2) is 4.79 Å². The van der Waals surface area contributed by atoms with Gasteiger partial charge in [0.1, 0.15) is 11.5 Å². The summed E-state index contributed by atoms with van der Waals surface area (Å²) >= 11 is 0. The number of rotatable bonds is 7. The Labute approximate surface area is 181 Å². The van der Waals surface area contributed by atoms with Gasteiger partial charge in [-0.15, -0.1) is 0 Å². The fourth-order valence-corrected chi connectivity index (χ4v) is 4.27. The van der Waals surface area contributed by atoms with Gasteiger partial charge in [-0.2, -0.15) is 0 Å². The summed E-state index contributed by atoms with van der Waals surface area (Å²) in [5, 5.41) is 13.4. The molecule has 4 nitrogen and oxygen atoms in total. The predicted molar refractivity (Wildman–Crippen MR) is 123 cm³/mol. The molecule has 1 saturated carbocycles. The molecule has 31 heavy (non-hydrogen) atoms. The van der Waals surface area contributed by atoms with Crippen LogP contribution in [-0.2, 0) is 4.79 Å². The Morgan fingerprint density at radius 1 is 0.774 bits per heavy atom. The van der Waals surface area contributed by atoms with Crippen molar-refractivity contribution in [3.05, 3.63) is 72.8 Å². The second-order valence-electron chi connectivity index (χ2n) is 8.11. The van der Waals surface area contributed by atoms with Crippen LogP contribution in [0.5, 0.6) is 11.5 Å². The van der Waals surface area contributed by atoms with Crippen molar-refractivity contribution in [2.75, 3.05) is 13.2 Å². The van der Waals surface area contributed by atoms with E-state index in [0.29, 0.717) is 18.3 Å². The van der Waals surface area contributed by atoms with Crippen LogP contribution in [-0.4, -0.2) is 24.3 Å². The maximum Gasteiger partial charge on any atom is 0.341 e. The first-order chi connectivity index (χ1) is 15.2. The summed E-state index contributed by atoms with van der Waals surface area (Å²) in [7, 11) is 0. The number of carboxylic acid groups (broad SMARTS) is 1. The number of ether oxygens (including phenoxy) is 2. The van der Waals surface area contributed by atoms with Crippen molar-refractivity contribution in [1.29, 1.82) is 0 Å². The molecule has 0 heterocycles. The number of hydrogen-bond acceptors (Lipinski definition) is 3. The number of aliphatic carboxylic acids is 1. The molecule has 0 saturated heterocycles. The fraction of sp³-hybridized carbons (Fsp3) is 0.222. The topological polar surface area (TPSA) is 55.8 Å². The highest BCUT2D eigenvalue weighted by Gasteiger charge is 2.22.